The van der Waals surface area contributed by atoms with Gasteiger partial charge in [-0.15, -0.1) is 0 Å². The highest BCUT2D eigenvalue weighted by atomic mass is 32.2. The maximum atomic E-state index is 12.8. The van der Waals surface area contributed by atoms with Crippen LogP contribution in [0.3, 0.4) is 0 Å². The number of nitrogens with zero attached hydrogens (tertiary/aromatic N) is 2. The SMILES string of the molecule is CC1CCN(S(=O)(=O)c2ccc(C(=O)OCC(=O)N3CCCC[C@@H]3C)cc2)CC1. The average molecular weight is 423 g/mol. The fraction of sp³-hybridized carbons (Fsp3) is 0.619. The van der Waals surface area contributed by atoms with E-state index in [1.54, 1.807) is 4.90 Å². The highest BCUT2D eigenvalue weighted by Gasteiger charge is 2.28. The van der Waals surface area contributed by atoms with Crippen LogP contribution in [0.4, 0.5) is 0 Å². The largest absolute Gasteiger partial charge is 0.452 e. The molecule has 1 amide bonds. The van der Waals surface area contributed by atoms with Crippen molar-refractivity contribution in [3.8, 4) is 0 Å². The van der Waals surface area contributed by atoms with Crippen LogP contribution in [0.5, 0.6) is 0 Å². The number of sulfonamides is 1. The van der Waals surface area contributed by atoms with Gasteiger partial charge in [0.15, 0.2) is 6.61 Å². The van der Waals surface area contributed by atoms with E-state index in [2.05, 4.69) is 6.92 Å². The average Bonchev–Trinajstić information content (AvgIpc) is 2.72. The van der Waals surface area contributed by atoms with Crippen molar-refractivity contribution in [1.82, 2.24) is 9.21 Å². The van der Waals surface area contributed by atoms with Gasteiger partial charge in [-0.2, -0.15) is 4.31 Å². The lowest BCUT2D eigenvalue weighted by Gasteiger charge is -2.33. The lowest BCUT2D eigenvalue weighted by atomic mass is 10.0. The van der Waals surface area contributed by atoms with Gasteiger partial charge < -0.3 is 9.64 Å². The van der Waals surface area contributed by atoms with Crippen LogP contribution in [0.2, 0.25) is 0 Å². The van der Waals surface area contributed by atoms with Crippen LogP contribution in [0.25, 0.3) is 0 Å². The molecule has 0 N–H and O–H groups in total. The summed E-state index contributed by atoms with van der Waals surface area (Å²) in [6.07, 6.45) is 4.75. The molecule has 0 aliphatic carbocycles. The smallest absolute Gasteiger partial charge is 0.338 e. The Kier molecular flexibility index (Phi) is 6.95. The molecule has 7 nitrogen and oxygen atoms in total. The lowest BCUT2D eigenvalue weighted by Crippen LogP contribution is -2.44. The van der Waals surface area contributed by atoms with Crippen LogP contribution in [0, 0.1) is 5.92 Å². The molecule has 2 aliphatic rings. The first-order valence-corrected chi connectivity index (χ1v) is 11.8. The van der Waals surface area contributed by atoms with E-state index in [9.17, 15) is 18.0 Å². The highest BCUT2D eigenvalue weighted by molar-refractivity contribution is 7.89. The minimum absolute atomic E-state index is 0.164. The van der Waals surface area contributed by atoms with E-state index in [0.717, 1.165) is 32.1 Å². The predicted molar refractivity (Wildman–Crippen MR) is 109 cm³/mol. The molecule has 1 aromatic rings. The van der Waals surface area contributed by atoms with E-state index in [1.165, 1.54) is 28.6 Å². The van der Waals surface area contributed by atoms with E-state index >= 15 is 0 Å². The number of benzene rings is 1. The first-order valence-electron chi connectivity index (χ1n) is 10.4. The summed E-state index contributed by atoms with van der Waals surface area (Å²) in [5, 5.41) is 0. The maximum Gasteiger partial charge on any atom is 0.338 e. The maximum absolute atomic E-state index is 12.8. The number of ether oxygens (including phenoxy) is 1. The van der Waals surface area contributed by atoms with Crippen LogP contribution in [-0.4, -0.2) is 61.8 Å². The van der Waals surface area contributed by atoms with Crippen molar-refractivity contribution >= 4 is 21.9 Å². The van der Waals surface area contributed by atoms with E-state index in [0.29, 0.717) is 25.6 Å². The fourth-order valence-electron chi connectivity index (χ4n) is 3.90. The van der Waals surface area contributed by atoms with Gasteiger partial charge in [0, 0.05) is 25.7 Å². The molecule has 2 heterocycles. The third kappa shape index (κ3) is 5.17. The van der Waals surface area contributed by atoms with Crippen LogP contribution >= 0.6 is 0 Å². The monoisotopic (exact) mass is 422 g/mol. The molecule has 160 valence electrons. The van der Waals surface area contributed by atoms with Crippen LogP contribution in [0.1, 0.15) is 56.3 Å². The number of amides is 1. The van der Waals surface area contributed by atoms with Crippen LogP contribution in [-0.2, 0) is 19.6 Å². The zero-order valence-electron chi connectivity index (χ0n) is 17.2. The van der Waals surface area contributed by atoms with Gasteiger partial charge in [-0.1, -0.05) is 6.92 Å². The number of likely N-dealkylation sites (tertiary alicyclic amines) is 1. The molecule has 2 fully saturated rings. The first kappa shape index (κ1) is 21.8. The first-order chi connectivity index (χ1) is 13.8. The Labute approximate surface area is 173 Å². The molecule has 3 rings (SSSR count). The van der Waals surface area contributed by atoms with E-state index in [-0.39, 0.29) is 29.0 Å². The van der Waals surface area contributed by atoms with Crippen molar-refractivity contribution in [1.29, 1.82) is 0 Å². The van der Waals surface area contributed by atoms with Gasteiger partial charge >= 0.3 is 5.97 Å². The Morgan fingerprint density at radius 1 is 1.00 bits per heavy atom. The molecule has 29 heavy (non-hydrogen) atoms. The van der Waals surface area contributed by atoms with Crippen molar-refractivity contribution in [2.75, 3.05) is 26.2 Å². The van der Waals surface area contributed by atoms with Crippen molar-refractivity contribution in [3.05, 3.63) is 29.8 Å². The molecular formula is C21H30N2O5S. The summed E-state index contributed by atoms with van der Waals surface area (Å²) < 4.78 is 32.2. The minimum Gasteiger partial charge on any atom is -0.452 e. The molecule has 2 saturated heterocycles. The number of hydrogen-bond acceptors (Lipinski definition) is 5. The number of piperidine rings is 2. The standard InChI is InChI=1S/C21H30N2O5S/c1-16-10-13-22(14-11-16)29(26,27)19-8-6-18(7-9-19)21(25)28-15-20(24)23-12-4-3-5-17(23)2/h6-9,16-17H,3-5,10-15H2,1-2H3/t17-/m0/s1. The number of hydrogen-bond donors (Lipinski definition) is 0. The van der Waals surface area contributed by atoms with Gasteiger partial charge in [-0.05, 0) is 69.2 Å². The molecule has 0 radical (unpaired) electrons. The van der Waals surface area contributed by atoms with Gasteiger partial charge in [0.1, 0.15) is 0 Å². The van der Waals surface area contributed by atoms with Gasteiger partial charge in [0.25, 0.3) is 5.91 Å². The summed E-state index contributed by atoms with van der Waals surface area (Å²) in [5.41, 5.74) is 0.232. The third-order valence-electron chi connectivity index (χ3n) is 5.92. The molecule has 0 saturated carbocycles. The Morgan fingerprint density at radius 2 is 1.66 bits per heavy atom. The van der Waals surface area contributed by atoms with Gasteiger partial charge in [0.05, 0.1) is 10.5 Å². The second-order valence-corrected chi connectivity index (χ2v) is 10.1. The van der Waals surface area contributed by atoms with E-state index in [4.69, 9.17) is 4.74 Å². The number of carbonyl (C=O) groups is 2. The quantitative estimate of drug-likeness (QED) is 0.681. The van der Waals surface area contributed by atoms with Gasteiger partial charge in [-0.3, -0.25) is 4.79 Å². The summed E-state index contributed by atoms with van der Waals surface area (Å²) in [7, 11) is -3.55. The van der Waals surface area contributed by atoms with Gasteiger partial charge in [0.2, 0.25) is 10.0 Å². The summed E-state index contributed by atoms with van der Waals surface area (Å²) in [6.45, 7) is 5.56. The predicted octanol–water partition coefficient (Wildman–Crippen LogP) is 2.67. The highest BCUT2D eigenvalue weighted by Crippen LogP contribution is 2.24. The molecular weight excluding hydrogens is 392 g/mol. The number of carbonyl (C=O) groups excluding carboxylic acids is 2. The summed E-state index contributed by atoms with van der Waals surface area (Å²) in [6, 6.07) is 5.90. The van der Waals surface area contributed by atoms with Crippen LogP contribution < -0.4 is 0 Å². The van der Waals surface area contributed by atoms with Crippen LogP contribution in [0.15, 0.2) is 29.2 Å². The molecule has 2 aliphatic heterocycles. The Morgan fingerprint density at radius 3 is 2.28 bits per heavy atom. The van der Waals surface area contributed by atoms with Crippen molar-refractivity contribution in [2.45, 2.75) is 56.9 Å². The Hall–Kier alpha value is -1.93. The Bertz CT molecular complexity index is 829. The minimum atomic E-state index is -3.55. The third-order valence-corrected chi connectivity index (χ3v) is 7.83. The van der Waals surface area contributed by atoms with Gasteiger partial charge in [-0.25, -0.2) is 13.2 Å². The topological polar surface area (TPSA) is 84.0 Å². The molecule has 8 heteroatoms. The summed E-state index contributed by atoms with van der Waals surface area (Å²) in [4.78, 5) is 26.5. The summed E-state index contributed by atoms with van der Waals surface area (Å²) in [5.74, 6) is -0.280. The zero-order chi connectivity index (χ0) is 21.0. The normalized spacial score (nSPS) is 21.7. The molecule has 0 spiro atoms. The number of esters is 1. The second-order valence-electron chi connectivity index (χ2n) is 8.12. The van der Waals surface area contributed by atoms with Crippen molar-refractivity contribution in [3.63, 3.8) is 0 Å². The second kappa shape index (κ2) is 9.26. The fourth-order valence-corrected chi connectivity index (χ4v) is 5.37. The molecule has 1 atom stereocenters. The molecule has 0 aromatic heterocycles. The van der Waals surface area contributed by atoms with Crippen molar-refractivity contribution < 1.29 is 22.7 Å². The van der Waals surface area contributed by atoms with Crippen molar-refractivity contribution in [2.24, 2.45) is 5.92 Å². The molecule has 0 unspecified atom stereocenters. The summed E-state index contributed by atoms with van der Waals surface area (Å²) >= 11 is 0. The number of rotatable bonds is 5. The Balaban J connectivity index is 1.58. The zero-order valence-corrected chi connectivity index (χ0v) is 18.0. The van der Waals surface area contributed by atoms with E-state index < -0.39 is 16.0 Å². The lowest BCUT2D eigenvalue weighted by molar-refractivity contribution is -0.137. The van der Waals surface area contributed by atoms with E-state index in [1.807, 2.05) is 6.92 Å². The molecule has 1 aromatic carbocycles. The molecule has 0 bridgehead atoms.